The van der Waals surface area contributed by atoms with Crippen LogP contribution in [0.1, 0.15) is 158 Å². The monoisotopic (exact) mass is 902 g/mol. The van der Waals surface area contributed by atoms with E-state index in [1.54, 1.807) is 18.0 Å². The van der Waals surface area contributed by atoms with Crippen LogP contribution in [0.4, 0.5) is 4.79 Å². The Morgan fingerprint density at radius 1 is 0.969 bits per heavy atom. The van der Waals surface area contributed by atoms with Gasteiger partial charge in [-0.15, -0.1) is 6.58 Å². The van der Waals surface area contributed by atoms with Gasteiger partial charge in [-0.05, 0) is 99.6 Å². The van der Waals surface area contributed by atoms with Gasteiger partial charge in [-0.3, -0.25) is 4.98 Å². The van der Waals surface area contributed by atoms with Gasteiger partial charge in [0.1, 0.15) is 24.1 Å². The van der Waals surface area contributed by atoms with Crippen LogP contribution in [-0.2, 0) is 25.7 Å². The quantitative estimate of drug-likeness (QED) is 0.0481. The number of rotatable bonds is 28. The number of nitrogens with zero attached hydrogens (tertiary/aromatic N) is 3. The molecule has 7 atom stereocenters. The van der Waals surface area contributed by atoms with Crippen LogP contribution in [0, 0.1) is 24.7 Å². The maximum atomic E-state index is 14.3. The highest BCUT2D eigenvalue weighted by atomic mass is 16.8. The number of unbranched alkanes of at least 4 members (excludes halogenated alkanes) is 11. The molecule has 12 heteroatoms. The van der Waals surface area contributed by atoms with Crippen molar-refractivity contribution >= 4 is 11.8 Å². The van der Waals surface area contributed by atoms with Crippen LogP contribution in [-0.4, -0.2) is 90.1 Å². The van der Waals surface area contributed by atoms with Crippen molar-refractivity contribution < 1.29 is 43.5 Å². The standard InChI is InChI=1S/C53H79N3O9/c1-5-7-8-9-10-11-12-13-14-20-34-61-52(59)56(4)48-37-46(55-65-49-27-17-21-33-60-49)44-35-40(24-15-18-30-57)43(26-16-19-31-58)50-45-36-42(62-38-41-25-22-23-39(3)54-41)28-29-47(45)64-53(48,51(44)50)63-32-6-2/h6,22-23,25,28-29,35-36,40,43,48-51,57-58H,2,5,7-21,24,26-27,30-34,37-38H2,1,3-4H3/t40-,43+,48-,49?,50+,51+,53+/m0/s1. The van der Waals surface area contributed by atoms with Crippen LogP contribution in [0.3, 0.4) is 0 Å². The molecule has 2 aliphatic carbocycles. The highest BCUT2D eigenvalue weighted by molar-refractivity contribution is 6.02. The van der Waals surface area contributed by atoms with E-state index in [-0.39, 0.29) is 37.6 Å². The number of benzene rings is 1. The van der Waals surface area contributed by atoms with Crippen molar-refractivity contribution in [3.8, 4) is 11.5 Å². The highest BCUT2D eigenvalue weighted by Crippen LogP contribution is 2.62. The second kappa shape index (κ2) is 26.4. The molecule has 3 heterocycles. The van der Waals surface area contributed by atoms with Crippen molar-refractivity contribution in [2.24, 2.45) is 22.9 Å². The van der Waals surface area contributed by atoms with Crippen molar-refractivity contribution in [3.05, 3.63) is 77.7 Å². The molecule has 0 bridgehead atoms. The van der Waals surface area contributed by atoms with Crippen LogP contribution in [0.2, 0.25) is 0 Å². The summed E-state index contributed by atoms with van der Waals surface area (Å²) in [5.41, 5.74) is 4.47. The SMILES string of the molecule is C=CCO[C@@]12Oc3ccc(OCc4cccc(C)n4)cc3[C@H]3[C@H](CCCCO)[C@@H](CCCCO)C=C(C(=NOC4CCCCO4)C[C@@H]1N(C)C(=O)OCCCCCCCCCCCC)[C@H]32. The summed E-state index contributed by atoms with van der Waals surface area (Å²) in [5, 5.41) is 24.8. The molecule has 2 N–H and O–H groups in total. The molecular formula is C53H79N3O9. The van der Waals surface area contributed by atoms with Crippen LogP contribution in [0.25, 0.3) is 0 Å². The third kappa shape index (κ3) is 13.6. The van der Waals surface area contributed by atoms with Gasteiger partial charge in [-0.2, -0.15) is 0 Å². The molecule has 1 unspecified atom stereocenters. The maximum absolute atomic E-state index is 14.3. The number of fused-ring (bicyclic) bond motifs is 2. The summed E-state index contributed by atoms with van der Waals surface area (Å²) in [6.45, 7) is 9.95. The van der Waals surface area contributed by atoms with Crippen molar-refractivity contribution in [2.75, 3.05) is 40.1 Å². The molecule has 2 aromatic rings. The van der Waals surface area contributed by atoms with E-state index in [4.69, 9.17) is 33.7 Å². The summed E-state index contributed by atoms with van der Waals surface area (Å²) < 4.78 is 32.9. The summed E-state index contributed by atoms with van der Waals surface area (Å²) in [6, 6.07) is 11.3. The lowest BCUT2D eigenvalue weighted by Crippen LogP contribution is -2.69. The van der Waals surface area contributed by atoms with E-state index in [1.807, 2.05) is 37.3 Å². The minimum atomic E-state index is -1.36. The Morgan fingerprint density at radius 3 is 2.43 bits per heavy atom. The van der Waals surface area contributed by atoms with Gasteiger partial charge in [0, 0.05) is 50.3 Å². The van der Waals surface area contributed by atoms with Gasteiger partial charge in [0.05, 0.1) is 37.1 Å². The Kier molecular flexibility index (Phi) is 20.5. The summed E-state index contributed by atoms with van der Waals surface area (Å²) in [6.07, 6.45) is 22.9. The fraction of sp³-hybridized carbons (Fsp3) is 0.679. The lowest BCUT2D eigenvalue weighted by molar-refractivity contribution is -0.254. The van der Waals surface area contributed by atoms with Gasteiger partial charge in [0.15, 0.2) is 0 Å². The summed E-state index contributed by atoms with van der Waals surface area (Å²) >= 11 is 0. The fourth-order valence-electron chi connectivity index (χ4n) is 10.5. The lowest BCUT2D eigenvalue weighted by Gasteiger charge is -2.59. The summed E-state index contributed by atoms with van der Waals surface area (Å²) in [4.78, 5) is 26.9. The van der Waals surface area contributed by atoms with Crippen molar-refractivity contribution in [1.29, 1.82) is 0 Å². The number of hydrogen-bond donors (Lipinski definition) is 2. The number of aromatic nitrogens is 1. The first kappa shape index (κ1) is 50.4. The molecule has 65 heavy (non-hydrogen) atoms. The second-order valence-electron chi connectivity index (χ2n) is 18.6. The number of oxime groups is 1. The number of allylic oxidation sites excluding steroid dienone is 1. The Morgan fingerprint density at radius 2 is 1.72 bits per heavy atom. The second-order valence-corrected chi connectivity index (χ2v) is 18.6. The van der Waals surface area contributed by atoms with Gasteiger partial charge in [-0.25, -0.2) is 4.79 Å². The number of amides is 1. The third-order valence-electron chi connectivity index (χ3n) is 13.9. The van der Waals surface area contributed by atoms with E-state index < -0.39 is 30.1 Å². The predicted octanol–water partition coefficient (Wildman–Crippen LogP) is 11.1. The Hall–Kier alpha value is -3.97. The number of aryl methyl sites for hydroxylation is 1. The molecule has 4 aliphatic rings. The average molecular weight is 902 g/mol. The maximum Gasteiger partial charge on any atom is 0.409 e. The number of ether oxygens (including phenoxy) is 5. The van der Waals surface area contributed by atoms with Gasteiger partial charge < -0.3 is 43.6 Å². The molecule has 1 aromatic heterocycles. The summed E-state index contributed by atoms with van der Waals surface area (Å²) in [5.74, 6) is -0.390. The van der Waals surface area contributed by atoms with E-state index in [9.17, 15) is 15.0 Å². The number of aliphatic hydroxyl groups is 2. The van der Waals surface area contributed by atoms with Crippen LogP contribution in [0.5, 0.6) is 11.5 Å². The predicted molar refractivity (Wildman–Crippen MR) is 254 cm³/mol. The molecule has 1 saturated carbocycles. The van der Waals surface area contributed by atoms with Crippen LogP contribution < -0.4 is 9.47 Å². The third-order valence-corrected chi connectivity index (χ3v) is 13.9. The fourth-order valence-corrected chi connectivity index (χ4v) is 10.5. The molecule has 1 amide bonds. The van der Waals surface area contributed by atoms with E-state index in [0.717, 1.165) is 92.4 Å². The van der Waals surface area contributed by atoms with Crippen LogP contribution in [0.15, 0.2) is 65.9 Å². The van der Waals surface area contributed by atoms with Gasteiger partial charge >= 0.3 is 6.09 Å². The van der Waals surface area contributed by atoms with Crippen molar-refractivity contribution in [2.45, 2.75) is 173 Å². The minimum Gasteiger partial charge on any atom is -0.487 e. The largest absolute Gasteiger partial charge is 0.487 e. The highest BCUT2D eigenvalue weighted by Gasteiger charge is 2.65. The number of carbonyl (C=O) groups is 1. The Labute approximate surface area is 389 Å². The van der Waals surface area contributed by atoms with Crippen molar-refractivity contribution in [3.63, 3.8) is 0 Å². The molecule has 6 rings (SSSR count). The smallest absolute Gasteiger partial charge is 0.409 e. The zero-order chi connectivity index (χ0) is 45.9. The molecule has 0 spiro atoms. The van der Waals surface area contributed by atoms with E-state index >= 15 is 0 Å². The normalized spacial score (nSPS) is 25.2. The zero-order valence-electron chi connectivity index (χ0n) is 39.8. The number of hydrogen-bond acceptors (Lipinski definition) is 11. The van der Waals surface area contributed by atoms with Gasteiger partial charge in [0.25, 0.3) is 0 Å². The van der Waals surface area contributed by atoms with E-state index in [2.05, 4.69) is 30.6 Å². The molecular weight excluding hydrogens is 823 g/mol. The molecule has 12 nitrogen and oxygen atoms in total. The van der Waals surface area contributed by atoms with Gasteiger partial charge in [0.2, 0.25) is 12.1 Å². The van der Waals surface area contributed by atoms with Gasteiger partial charge in [-0.1, -0.05) is 101 Å². The molecule has 2 fully saturated rings. The molecule has 1 saturated heterocycles. The molecule has 360 valence electrons. The van der Waals surface area contributed by atoms with Crippen molar-refractivity contribution in [1.82, 2.24) is 9.88 Å². The average Bonchev–Trinajstić information content (AvgIpc) is 3.32. The van der Waals surface area contributed by atoms with Crippen LogP contribution >= 0.6 is 0 Å². The molecule has 0 radical (unpaired) electrons. The number of carbonyl (C=O) groups excluding carboxylic acids is 1. The molecule has 2 aliphatic heterocycles. The van der Waals surface area contributed by atoms with E-state index in [1.165, 1.54) is 44.9 Å². The summed E-state index contributed by atoms with van der Waals surface area (Å²) in [7, 11) is 1.78. The lowest BCUT2D eigenvalue weighted by atomic mass is 9.55. The first-order chi connectivity index (χ1) is 31.8. The Balaban J connectivity index is 1.37. The Bertz CT molecular complexity index is 1830. The van der Waals surface area contributed by atoms with E-state index in [0.29, 0.717) is 50.6 Å². The number of pyridine rings is 1. The zero-order valence-corrected chi connectivity index (χ0v) is 39.8. The topological polar surface area (TPSA) is 141 Å². The number of aliphatic hydroxyl groups excluding tert-OH is 2. The first-order valence-corrected chi connectivity index (χ1v) is 25.1. The first-order valence-electron chi connectivity index (χ1n) is 25.1. The number of likely N-dealkylation sites (N-methyl/N-ethyl adjacent to an activating group) is 1. The molecule has 1 aromatic carbocycles. The minimum absolute atomic E-state index is 0.0910.